The van der Waals surface area contributed by atoms with Crippen LogP contribution in [0.4, 0.5) is 4.39 Å². The van der Waals surface area contributed by atoms with Crippen LogP contribution in [0.3, 0.4) is 0 Å². The maximum Gasteiger partial charge on any atom is 0.147 e. The molecule has 1 fully saturated rings. The molecule has 6 rings (SSSR count). The maximum absolute atomic E-state index is 15.2. The van der Waals surface area contributed by atoms with Gasteiger partial charge in [-0.1, -0.05) is 91.0 Å². The van der Waals surface area contributed by atoms with Gasteiger partial charge in [0.25, 0.3) is 0 Å². The molecule has 5 heteroatoms. The minimum atomic E-state index is -3.04. The van der Waals surface area contributed by atoms with Gasteiger partial charge >= 0.3 is 0 Å². The van der Waals surface area contributed by atoms with Gasteiger partial charge in [-0.3, -0.25) is 4.98 Å². The Hall–Kier alpha value is -3.75. The summed E-state index contributed by atoms with van der Waals surface area (Å²) in [6, 6.07) is 35.7. The van der Waals surface area contributed by atoms with Gasteiger partial charge in [0.15, 0.2) is 0 Å². The molecular formula is C33H29FNO2P. The Balaban J connectivity index is 1.58. The van der Waals surface area contributed by atoms with Gasteiger partial charge in [-0.25, -0.2) is 4.39 Å². The Morgan fingerprint density at radius 3 is 2.00 bits per heavy atom. The van der Waals surface area contributed by atoms with Crippen molar-refractivity contribution in [1.82, 2.24) is 4.98 Å². The monoisotopic (exact) mass is 521 g/mol. The van der Waals surface area contributed by atoms with Gasteiger partial charge in [-0.2, -0.15) is 0 Å². The molecule has 0 radical (unpaired) electrons. The molecule has 0 spiro atoms. The maximum atomic E-state index is 15.2. The second-order valence-corrected chi connectivity index (χ2v) is 12.6. The molecule has 3 nitrogen and oxygen atoms in total. The first kappa shape index (κ1) is 24.6. The number of fused-ring (bicyclic) bond motifs is 1. The topological polar surface area (TPSA) is 39.2 Å². The first-order chi connectivity index (χ1) is 18.7. The fraction of sp³-hybridized carbons (Fsp3) is 0.182. The molecule has 0 bridgehead atoms. The van der Waals surface area contributed by atoms with E-state index in [4.69, 9.17) is 9.72 Å². The third-order valence-electron chi connectivity index (χ3n) is 7.21. The molecule has 0 N–H and O–H groups in total. The quantitative estimate of drug-likeness (QED) is 0.187. The zero-order chi connectivity index (χ0) is 26.0. The average Bonchev–Trinajstić information content (AvgIpc) is 3.83. The van der Waals surface area contributed by atoms with Crippen molar-refractivity contribution in [1.29, 1.82) is 0 Å². The van der Waals surface area contributed by atoms with E-state index in [1.807, 2.05) is 97.1 Å². The highest BCUT2D eigenvalue weighted by atomic mass is 31.2. The van der Waals surface area contributed by atoms with Gasteiger partial charge in [-0.15, -0.1) is 0 Å². The number of hydrogen-bond donors (Lipinski definition) is 0. The van der Waals surface area contributed by atoms with E-state index in [0.29, 0.717) is 17.8 Å². The summed E-state index contributed by atoms with van der Waals surface area (Å²) in [5, 5.41) is 2.74. The summed E-state index contributed by atoms with van der Waals surface area (Å²) in [6.45, 7) is -0.494. The summed E-state index contributed by atoms with van der Waals surface area (Å²) in [4.78, 5) is 5.17. The molecule has 1 saturated carbocycles. The number of hydrogen-bond acceptors (Lipinski definition) is 3. The molecule has 4 aromatic carbocycles. The van der Waals surface area contributed by atoms with Crippen molar-refractivity contribution < 1.29 is 13.7 Å². The van der Waals surface area contributed by atoms with Gasteiger partial charge in [0.05, 0.1) is 5.52 Å². The van der Waals surface area contributed by atoms with E-state index in [9.17, 15) is 4.39 Å². The van der Waals surface area contributed by atoms with E-state index in [0.717, 1.165) is 56.7 Å². The Labute approximate surface area is 222 Å². The molecule has 1 aromatic heterocycles. The van der Waals surface area contributed by atoms with Crippen LogP contribution in [-0.2, 0) is 10.7 Å². The number of pyridine rings is 1. The minimum Gasteiger partial charge on any atom is -0.491 e. The molecule has 0 atom stereocenters. The number of ether oxygens (including phenoxy) is 1. The van der Waals surface area contributed by atoms with E-state index < -0.39 is 13.8 Å². The zero-order valence-corrected chi connectivity index (χ0v) is 22.0. The molecule has 0 amide bonds. The standard InChI is InChI=1S/C33H29FNO2P/c34-21-22-37-26-19-17-24(18-20-26)32-29-13-7-8-14-31(29)35-33(25-15-16-25)30(32)23-38(36,27-9-3-1-4-10-27)28-11-5-2-6-12-28/h1-14,17-20,25H,15-16,21-23H2. The van der Waals surface area contributed by atoms with E-state index in [1.54, 1.807) is 0 Å². The molecule has 1 aliphatic rings. The summed E-state index contributed by atoms with van der Waals surface area (Å²) in [5.41, 5.74) is 5.14. The van der Waals surface area contributed by atoms with Crippen molar-refractivity contribution in [3.8, 4) is 16.9 Å². The molecule has 0 saturated heterocycles. The van der Waals surface area contributed by atoms with Crippen LogP contribution in [-0.4, -0.2) is 18.3 Å². The molecule has 1 heterocycles. The molecule has 5 aromatic rings. The zero-order valence-electron chi connectivity index (χ0n) is 21.1. The fourth-order valence-corrected chi connectivity index (χ4v) is 7.96. The van der Waals surface area contributed by atoms with Gasteiger partial charge < -0.3 is 9.30 Å². The van der Waals surface area contributed by atoms with Crippen LogP contribution in [0, 0.1) is 0 Å². The Kier molecular flexibility index (Phi) is 6.82. The lowest BCUT2D eigenvalue weighted by atomic mass is 9.93. The number of para-hydroxylation sites is 1. The summed E-state index contributed by atoms with van der Waals surface area (Å²) in [5.74, 6) is 1.01. The average molecular weight is 522 g/mol. The number of halogens is 1. The van der Waals surface area contributed by atoms with Gasteiger partial charge in [0, 0.05) is 33.8 Å². The third-order valence-corrected chi connectivity index (χ3v) is 10.2. The van der Waals surface area contributed by atoms with Crippen molar-refractivity contribution in [2.24, 2.45) is 0 Å². The summed E-state index contributed by atoms with van der Waals surface area (Å²) < 4.78 is 33.3. The predicted molar refractivity (Wildman–Crippen MR) is 154 cm³/mol. The Morgan fingerprint density at radius 2 is 1.39 bits per heavy atom. The number of alkyl halides is 1. The van der Waals surface area contributed by atoms with E-state index in [2.05, 4.69) is 12.1 Å². The van der Waals surface area contributed by atoms with E-state index in [1.165, 1.54) is 0 Å². The van der Waals surface area contributed by atoms with Crippen molar-refractivity contribution in [2.45, 2.75) is 24.9 Å². The SMILES string of the molecule is O=P(Cc1c(C2CC2)nc2ccccc2c1-c1ccc(OCCF)cc1)(c1ccccc1)c1ccccc1. The smallest absolute Gasteiger partial charge is 0.147 e. The van der Waals surface area contributed by atoms with Crippen LogP contribution in [0.25, 0.3) is 22.0 Å². The molecule has 38 heavy (non-hydrogen) atoms. The second kappa shape index (κ2) is 10.6. The second-order valence-electron chi connectivity index (χ2n) is 9.77. The van der Waals surface area contributed by atoms with Crippen LogP contribution in [0.15, 0.2) is 109 Å². The first-order valence-electron chi connectivity index (χ1n) is 13.1. The van der Waals surface area contributed by atoms with Crippen LogP contribution in [0.5, 0.6) is 5.75 Å². The summed E-state index contributed by atoms with van der Waals surface area (Å²) in [6.07, 6.45) is 2.57. The van der Waals surface area contributed by atoms with Crippen LogP contribution >= 0.6 is 7.14 Å². The van der Waals surface area contributed by atoms with Crippen LogP contribution in [0.1, 0.15) is 30.0 Å². The van der Waals surface area contributed by atoms with E-state index in [-0.39, 0.29) is 6.61 Å². The summed E-state index contributed by atoms with van der Waals surface area (Å²) >= 11 is 0. The minimum absolute atomic E-state index is 0.0337. The molecular weight excluding hydrogens is 492 g/mol. The van der Waals surface area contributed by atoms with Gasteiger partial charge in [-0.05, 0) is 47.7 Å². The van der Waals surface area contributed by atoms with Crippen LogP contribution < -0.4 is 15.3 Å². The highest BCUT2D eigenvalue weighted by Crippen LogP contribution is 2.53. The third kappa shape index (κ3) is 4.77. The highest BCUT2D eigenvalue weighted by molar-refractivity contribution is 7.78. The van der Waals surface area contributed by atoms with Crippen molar-refractivity contribution in [3.05, 3.63) is 120 Å². The summed E-state index contributed by atoms with van der Waals surface area (Å²) in [7, 11) is -3.04. The number of nitrogens with zero attached hydrogens (tertiary/aromatic N) is 1. The van der Waals surface area contributed by atoms with Gasteiger partial charge in [0.1, 0.15) is 26.2 Å². The fourth-order valence-electron chi connectivity index (χ4n) is 5.22. The lowest BCUT2D eigenvalue weighted by Gasteiger charge is -2.24. The Bertz CT molecular complexity index is 1560. The number of rotatable bonds is 9. The first-order valence-corrected chi connectivity index (χ1v) is 15.0. The lowest BCUT2D eigenvalue weighted by Crippen LogP contribution is -2.18. The van der Waals surface area contributed by atoms with Crippen molar-refractivity contribution >= 4 is 28.7 Å². The lowest BCUT2D eigenvalue weighted by molar-refractivity contribution is 0.273. The molecule has 0 aliphatic heterocycles. The van der Waals surface area contributed by atoms with Gasteiger partial charge in [0.2, 0.25) is 0 Å². The molecule has 0 unspecified atom stereocenters. The van der Waals surface area contributed by atoms with Crippen molar-refractivity contribution in [2.75, 3.05) is 13.3 Å². The highest BCUT2D eigenvalue weighted by Gasteiger charge is 2.35. The number of benzene rings is 4. The Morgan fingerprint density at radius 1 is 0.789 bits per heavy atom. The van der Waals surface area contributed by atoms with Crippen molar-refractivity contribution in [3.63, 3.8) is 0 Å². The van der Waals surface area contributed by atoms with Crippen LogP contribution in [0.2, 0.25) is 0 Å². The largest absolute Gasteiger partial charge is 0.491 e. The van der Waals surface area contributed by atoms with E-state index >= 15 is 4.57 Å². The molecule has 1 aliphatic carbocycles. The molecule has 190 valence electrons. The normalized spacial score (nSPS) is 13.5. The number of aromatic nitrogens is 1. The predicted octanol–water partition coefficient (Wildman–Crippen LogP) is 7.64.